The molecule has 0 aromatic carbocycles. The maximum atomic E-state index is 15.8. The molecule has 18 heteroatoms. The van der Waals surface area contributed by atoms with Gasteiger partial charge in [-0.25, -0.2) is 8.78 Å². The third-order valence-corrected chi connectivity index (χ3v) is 52.3. The maximum absolute atomic E-state index is 15.8. The van der Waals surface area contributed by atoms with Crippen molar-refractivity contribution < 1.29 is 87.8 Å². The summed E-state index contributed by atoms with van der Waals surface area (Å²) in [6.45, 7) is 41.0. The standard InChI is InChI=1S/C26H43FO2.C26H44O3.C25H42O4.C24H39FO3.C24H40O4/c2*1-16-10-12-25(3)18(14-16)15-22(27)24-20-8-7-19(17(2)6-9-23(28)29-5)26(20,4)13-11-21(24)25;1-15(5-8-22(28)29-4)18-6-7-19-23-20(10-12-25(18,19)3)24(2)11-9-17(26)13-16(24)14-21(23)27;1-14(4-7-21(27)28)17-5-6-18-22-19(9-11-24(17,18)3)23(2)10-8-16(26)12-15(23)13-20(22)25;1-14(4-7-21(27)28)17-5-6-18-22-19(9-11-24(17,18)3)23(2)10-8-16(25)12-15(23)13-20(22)26/h16-22,24H,6-15H2,1-5H3;16-22,24,27H,6-15H2,1-5H3;15-21,23,26-27H,5-14H2,1-4H3;14-20,22,26H,4-13H2,1-3H3,(H,27,28);14-20,22,25-26H,4-13H2,1-3H3,(H,27,28)/t16-,17-,18+,19?,20+,21+,22?,24+,25+,26-;16-,17-,18+,19?,20+,21+,22+,24+,25+,26-;15-,16+,17-,18?,19+,20+,21+,23+,24+,25-;14-,15+,16-,17?,18+,19+,20?,22+,23+,24-;14-,15+,16-,17?,18+,19+,20+,22+,23+,24-/m11111/s1. The fourth-order valence-electron chi connectivity index (χ4n) is 44.3. The Labute approximate surface area is 865 Å². The average molecular weight is 2010 g/mol. The molecular formula is C125H208F2O16. The van der Waals surface area contributed by atoms with E-state index in [-0.39, 0.29) is 112 Å². The van der Waals surface area contributed by atoms with Crippen LogP contribution in [0.5, 0.6) is 0 Å². The van der Waals surface area contributed by atoms with E-state index in [1.807, 2.05) is 0 Å². The normalized spacial score (nSPS) is 50.8. The first-order chi connectivity index (χ1) is 67.4. The molecule has 0 spiro atoms. The van der Waals surface area contributed by atoms with Gasteiger partial charge >= 0.3 is 29.8 Å². The van der Waals surface area contributed by atoms with Crippen LogP contribution in [-0.2, 0) is 38.2 Å². The zero-order valence-corrected chi connectivity index (χ0v) is 93.5. The molecule has 50 atom stereocenters. The Morgan fingerprint density at radius 1 is 0.259 bits per heavy atom. The Morgan fingerprint density at radius 2 is 0.455 bits per heavy atom. The van der Waals surface area contributed by atoms with Crippen molar-refractivity contribution in [2.24, 2.45) is 244 Å². The quantitative estimate of drug-likeness (QED) is 0.0416. The zero-order chi connectivity index (χ0) is 103. The van der Waals surface area contributed by atoms with Gasteiger partial charge in [0.1, 0.15) is 12.3 Å². The molecule has 7 unspecified atom stereocenters. The Kier molecular flexibility index (Phi) is 34.7. The lowest BCUT2D eigenvalue weighted by Gasteiger charge is -2.62. The first-order valence-electron chi connectivity index (χ1n) is 60.4. The van der Waals surface area contributed by atoms with Crippen molar-refractivity contribution in [2.45, 2.75) is 488 Å². The first-order valence-corrected chi connectivity index (χ1v) is 60.4. The zero-order valence-electron chi connectivity index (χ0n) is 93.5. The van der Waals surface area contributed by atoms with Crippen molar-refractivity contribution in [3.63, 3.8) is 0 Å². The van der Waals surface area contributed by atoms with E-state index in [1.54, 1.807) is 0 Å². The van der Waals surface area contributed by atoms with Crippen molar-refractivity contribution >= 4 is 29.8 Å². The number of fused-ring (bicyclic) bond motifs is 25. The predicted molar refractivity (Wildman–Crippen MR) is 560 cm³/mol. The number of aliphatic hydroxyl groups is 6. The smallest absolute Gasteiger partial charge is 0.305 e. The van der Waals surface area contributed by atoms with Crippen LogP contribution in [0, 0.1) is 244 Å². The number of carboxylic acids is 2. The average Bonchev–Trinajstić information content (AvgIpc) is 1.65. The van der Waals surface area contributed by atoms with E-state index in [0.717, 1.165) is 153 Å². The van der Waals surface area contributed by atoms with Gasteiger partial charge in [-0.05, 0) is 520 Å². The second-order valence-corrected chi connectivity index (χ2v) is 58.2. The van der Waals surface area contributed by atoms with Gasteiger partial charge in [-0.1, -0.05) is 131 Å². The molecule has 20 saturated carbocycles. The molecule has 20 aliphatic rings. The number of carbonyl (C=O) groups excluding carboxylic acids is 3. The number of hydrogen-bond donors (Lipinski definition) is 8. The SMILES string of the molecule is COC(=O)CC[C@@H](C)C1CC[C@H]2[C@@H]3C(F)C[C@@H]4C[C@H](C)CC[C@]4(C)[C@H]3CC[C@]12C.COC(=O)CC[C@@H](C)C1CC[C@H]2[C@@H]3[C@@H](O)C[C@@H]4C[C@H](C)CC[C@]4(C)[C@H]3CC[C@]12C.COC(=O)CC[C@@H](C)C1CC[C@H]2[C@@H]3[C@@H](O)C[C@@H]4C[C@H](O)CC[C@]4(C)[C@H]3CC[C@]12C.C[C@H](CCC(=O)O)C1CC[C@H]2[C@@H]3C(F)C[C@@H]4C[C@H](O)CC[C@]4(C)[C@H]3CC[C@]12C.C[C@H](CCC(=O)O)C1CC[C@H]2[C@@H]3[C@@H](O)C[C@@H]4C[C@H](O)CC[C@]4(C)[C@H]3CC[C@]12C. The van der Waals surface area contributed by atoms with E-state index in [0.29, 0.717) is 207 Å². The highest BCUT2D eigenvalue weighted by Gasteiger charge is 2.71. The summed E-state index contributed by atoms with van der Waals surface area (Å²) in [7, 11) is 4.45. The van der Waals surface area contributed by atoms with Gasteiger partial charge < -0.3 is 55.1 Å². The minimum atomic E-state index is -0.730. The van der Waals surface area contributed by atoms with Gasteiger partial charge in [0.15, 0.2) is 0 Å². The molecule has 0 saturated heterocycles. The lowest BCUT2D eigenvalue weighted by atomic mass is 9.43. The Morgan fingerprint density at radius 3 is 0.699 bits per heavy atom. The van der Waals surface area contributed by atoms with E-state index in [9.17, 15) is 54.6 Å². The number of carbonyl (C=O) groups is 5. The number of methoxy groups -OCH3 is 3. The van der Waals surface area contributed by atoms with Crippen molar-refractivity contribution in [3.8, 4) is 0 Å². The highest BCUT2D eigenvalue weighted by atomic mass is 19.1. The van der Waals surface area contributed by atoms with Crippen LogP contribution in [0.3, 0.4) is 0 Å². The Hall–Kier alpha value is -3.03. The Bertz CT molecular complexity index is 3940. The third-order valence-electron chi connectivity index (χ3n) is 52.3. The van der Waals surface area contributed by atoms with Crippen LogP contribution in [0.15, 0.2) is 0 Å². The van der Waals surface area contributed by atoms with Crippen molar-refractivity contribution in [3.05, 3.63) is 0 Å². The molecule has 0 aliphatic heterocycles. The van der Waals surface area contributed by atoms with Crippen molar-refractivity contribution in [2.75, 3.05) is 21.3 Å². The summed E-state index contributed by atoms with van der Waals surface area (Å²) in [6.07, 6.45) is 49.0. The number of ether oxygens (including phenoxy) is 3. The molecule has 0 heterocycles. The summed E-state index contributed by atoms with van der Waals surface area (Å²) in [6, 6.07) is 0. The highest BCUT2D eigenvalue weighted by Crippen LogP contribution is 2.76. The predicted octanol–water partition coefficient (Wildman–Crippen LogP) is 27.2. The summed E-state index contributed by atoms with van der Waals surface area (Å²) < 4.78 is 46.0. The Balaban J connectivity index is 0.000000128. The van der Waals surface area contributed by atoms with Gasteiger partial charge in [0.05, 0.1) is 58.0 Å². The van der Waals surface area contributed by atoms with Crippen LogP contribution in [0.1, 0.15) is 439 Å². The lowest BCUT2D eigenvalue weighted by molar-refractivity contribution is -0.174. The molecule has 20 rings (SSSR count). The molecule has 0 bridgehead atoms. The van der Waals surface area contributed by atoms with Crippen LogP contribution in [0.25, 0.3) is 0 Å². The van der Waals surface area contributed by atoms with Crippen molar-refractivity contribution in [1.82, 2.24) is 0 Å². The maximum Gasteiger partial charge on any atom is 0.305 e. The van der Waals surface area contributed by atoms with Gasteiger partial charge in [0, 0.05) is 32.1 Å². The van der Waals surface area contributed by atoms with E-state index < -0.39 is 24.3 Å². The third kappa shape index (κ3) is 20.9. The number of aliphatic hydroxyl groups excluding tert-OH is 6. The fourth-order valence-corrected chi connectivity index (χ4v) is 44.3. The highest BCUT2D eigenvalue weighted by molar-refractivity contribution is 5.70. The van der Waals surface area contributed by atoms with Gasteiger partial charge in [-0.15, -0.1) is 0 Å². The molecular weight excluding hydrogens is 1800 g/mol. The van der Waals surface area contributed by atoms with Gasteiger partial charge in [0.2, 0.25) is 0 Å². The summed E-state index contributed by atoms with van der Waals surface area (Å²) in [4.78, 5) is 57.0. The number of carboxylic acid groups (broad SMARTS) is 2. The number of alkyl halides is 2. The van der Waals surface area contributed by atoms with Crippen LogP contribution >= 0.6 is 0 Å². The summed E-state index contributed by atoms with van der Waals surface area (Å²) in [5.74, 6) is 15.6. The van der Waals surface area contributed by atoms with Gasteiger partial charge in [-0.2, -0.15) is 0 Å². The van der Waals surface area contributed by atoms with E-state index in [2.05, 4.69) is 118 Å². The lowest BCUT2D eigenvalue weighted by Crippen LogP contribution is -2.58. The first kappa shape index (κ1) is 113. The summed E-state index contributed by atoms with van der Waals surface area (Å²) in [5.41, 5.74) is 2.88. The second kappa shape index (κ2) is 44.1. The van der Waals surface area contributed by atoms with Crippen LogP contribution in [-0.4, -0.2) is 141 Å². The van der Waals surface area contributed by atoms with Gasteiger partial charge in [0.25, 0.3) is 0 Å². The van der Waals surface area contributed by atoms with Crippen molar-refractivity contribution in [1.29, 1.82) is 0 Å². The number of esters is 3. The molecule has 0 aromatic rings. The topological polar surface area (TPSA) is 275 Å². The molecule has 818 valence electrons. The monoisotopic (exact) mass is 2000 g/mol. The molecule has 0 radical (unpaired) electrons. The molecule has 16 nitrogen and oxygen atoms in total. The molecule has 143 heavy (non-hydrogen) atoms. The number of halogens is 2. The molecule has 8 N–H and O–H groups in total. The molecule has 20 aliphatic carbocycles. The van der Waals surface area contributed by atoms with E-state index >= 15 is 8.78 Å². The fraction of sp³-hybridized carbons (Fsp3) is 0.960. The number of rotatable bonds is 20. The second-order valence-electron chi connectivity index (χ2n) is 58.2. The summed E-state index contributed by atoms with van der Waals surface area (Å²) in [5, 5.41) is 82.7. The van der Waals surface area contributed by atoms with Crippen LogP contribution in [0.4, 0.5) is 8.78 Å². The van der Waals surface area contributed by atoms with E-state index in [1.165, 1.54) is 169 Å². The minimum Gasteiger partial charge on any atom is -0.481 e. The van der Waals surface area contributed by atoms with Gasteiger partial charge in [-0.3, -0.25) is 24.0 Å². The number of aliphatic carboxylic acids is 2. The molecule has 0 amide bonds. The largest absolute Gasteiger partial charge is 0.481 e. The summed E-state index contributed by atoms with van der Waals surface area (Å²) >= 11 is 0. The van der Waals surface area contributed by atoms with E-state index in [4.69, 9.17) is 24.4 Å². The molecule has 0 aromatic heterocycles. The molecule has 20 fully saturated rings. The van der Waals surface area contributed by atoms with Crippen LogP contribution < -0.4 is 0 Å². The minimum absolute atomic E-state index is 0.0755. The number of hydrogen-bond acceptors (Lipinski definition) is 14. The van der Waals surface area contributed by atoms with Crippen LogP contribution in [0.2, 0.25) is 0 Å².